The van der Waals surface area contributed by atoms with Crippen LogP contribution in [0.1, 0.15) is 27.6 Å². The van der Waals surface area contributed by atoms with Gasteiger partial charge in [0.15, 0.2) is 0 Å². The third kappa shape index (κ3) is 4.69. The van der Waals surface area contributed by atoms with Crippen LogP contribution in [0.2, 0.25) is 0 Å². The van der Waals surface area contributed by atoms with E-state index in [1.54, 1.807) is 11.3 Å². The first-order valence-electron chi connectivity index (χ1n) is 9.10. The molecule has 0 aliphatic rings. The van der Waals surface area contributed by atoms with Crippen molar-refractivity contribution in [3.8, 4) is 0 Å². The van der Waals surface area contributed by atoms with E-state index in [4.69, 9.17) is 4.98 Å². The minimum Gasteiger partial charge on any atom is -0.253 e. The molecule has 28 heavy (non-hydrogen) atoms. The van der Waals surface area contributed by atoms with Gasteiger partial charge in [-0.25, -0.2) is 24.3 Å². The van der Waals surface area contributed by atoms with Gasteiger partial charge in [0.05, 0.1) is 5.52 Å². The van der Waals surface area contributed by atoms with E-state index in [1.165, 1.54) is 21.4 Å². The third-order valence-corrected chi connectivity index (χ3v) is 5.50. The van der Waals surface area contributed by atoms with Crippen molar-refractivity contribution in [1.82, 2.24) is 4.98 Å². The Morgan fingerprint density at radius 3 is 2.36 bits per heavy atom. The molecule has 5 aromatic rings. The first kappa shape index (κ1) is 20.3. The van der Waals surface area contributed by atoms with Crippen LogP contribution in [-0.2, 0) is 17.1 Å². The van der Waals surface area contributed by atoms with Gasteiger partial charge in [-0.1, -0.05) is 23.8 Å². The summed E-state index contributed by atoms with van der Waals surface area (Å²) in [4.78, 5) is 6.27. The predicted molar refractivity (Wildman–Crippen MR) is 116 cm³/mol. The van der Waals surface area contributed by atoms with Crippen molar-refractivity contribution in [2.24, 2.45) is 0 Å². The summed E-state index contributed by atoms with van der Waals surface area (Å²) in [6.45, 7) is 2.12. The number of hydrogen-bond donors (Lipinski definition) is 0. The van der Waals surface area contributed by atoms with Gasteiger partial charge in [-0.15, -0.1) is 16.9 Å². The van der Waals surface area contributed by atoms with Gasteiger partial charge in [0.25, 0.3) is 0 Å². The number of rotatable bonds is 3. The summed E-state index contributed by atoms with van der Waals surface area (Å²) in [7, 11) is 0. The Balaban J connectivity index is 0.000000329. The Labute approximate surface area is 180 Å². The van der Waals surface area contributed by atoms with Gasteiger partial charge in [-0.2, -0.15) is 30.3 Å². The number of thiophene rings is 1. The minimum atomic E-state index is 0. The summed E-state index contributed by atoms with van der Waals surface area (Å²) in [5.41, 5.74) is 4.76. The number of nitrogens with zero attached hydrogens (tertiary/aromatic N) is 1. The van der Waals surface area contributed by atoms with Crippen molar-refractivity contribution in [1.29, 1.82) is 0 Å². The van der Waals surface area contributed by atoms with E-state index in [0.29, 0.717) is 0 Å². The van der Waals surface area contributed by atoms with E-state index >= 15 is 0 Å². The molecule has 140 valence electrons. The van der Waals surface area contributed by atoms with E-state index in [2.05, 4.69) is 79.0 Å². The van der Waals surface area contributed by atoms with E-state index in [1.807, 2.05) is 30.3 Å². The predicted octanol–water partition coefficient (Wildman–Crippen LogP) is 6.91. The van der Waals surface area contributed by atoms with Crippen LogP contribution < -0.4 is 0 Å². The summed E-state index contributed by atoms with van der Waals surface area (Å²) < 4.78 is 0. The fourth-order valence-corrected chi connectivity index (χ4v) is 4.12. The Bertz CT molecular complexity index is 1030. The molecule has 0 spiro atoms. The Morgan fingerprint density at radius 1 is 0.929 bits per heavy atom. The molecular weight excluding hydrogens is 402 g/mol. The van der Waals surface area contributed by atoms with Crippen molar-refractivity contribution < 1.29 is 17.1 Å². The number of pyridine rings is 1. The Morgan fingerprint density at radius 2 is 1.71 bits per heavy atom. The quantitative estimate of drug-likeness (QED) is 0.227. The summed E-state index contributed by atoms with van der Waals surface area (Å²) in [5.74, 6) is 0.223. The minimum absolute atomic E-state index is 0. The van der Waals surface area contributed by atoms with Gasteiger partial charge < -0.3 is 0 Å². The SMILES string of the molecule is Cc1ccc2nc(C(c3cccs3)[c-]3cccc3)ccc2c1.[Fe+2].c1cc[cH-]c1. The molecule has 3 aromatic carbocycles. The van der Waals surface area contributed by atoms with E-state index in [9.17, 15) is 0 Å². The largest absolute Gasteiger partial charge is 2.00 e. The molecule has 3 heteroatoms. The first-order chi connectivity index (χ1) is 13.3. The Kier molecular flexibility index (Phi) is 7.00. The second-order valence-corrected chi connectivity index (χ2v) is 7.54. The average Bonchev–Trinajstić information content (AvgIpc) is 3.46. The van der Waals surface area contributed by atoms with Crippen LogP contribution in [0.3, 0.4) is 0 Å². The van der Waals surface area contributed by atoms with Crippen LogP contribution in [-0.4, -0.2) is 4.98 Å². The fourth-order valence-electron chi connectivity index (χ4n) is 3.26. The zero-order valence-electron chi connectivity index (χ0n) is 15.6. The first-order valence-corrected chi connectivity index (χ1v) is 9.98. The number of aromatic nitrogens is 1. The van der Waals surface area contributed by atoms with Crippen molar-refractivity contribution in [3.63, 3.8) is 0 Å². The van der Waals surface area contributed by atoms with Crippen molar-refractivity contribution in [2.75, 3.05) is 0 Å². The molecule has 0 amide bonds. The van der Waals surface area contributed by atoms with Gasteiger partial charge in [0.1, 0.15) is 0 Å². The van der Waals surface area contributed by atoms with Crippen LogP contribution in [0.5, 0.6) is 0 Å². The average molecular weight is 423 g/mol. The standard InChI is InChI=1S/C20H16NS.C5H5.Fe/c1-14-8-10-17-16(13-14)9-11-18(21-17)20(15-5-2-3-6-15)19-7-4-12-22-19;1-2-4-5-3-1;/h2-13,20H,1H3;1-5H;/q2*-1;+2. The second-order valence-electron chi connectivity index (χ2n) is 6.56. The van der Waals surface area contributed by atoms with Crippen LogP contribution in [0.25, 0.3) is 10.9 Å². The molecule has 0 aliphatic heterocycles. The molecule has 5 rings (SSSR count). The van der Waals surface area contributed by atoms with E-state index < -0.39 is 0 Å². The Hall–Kier alpha value is -2.45. The number of fused-ring (bicyclic) bond motifs is 1. The van der Waals surface area contributed by atoms with E-state index in [0.717, 1.165) is 11.2 Å². The zero-order chi connectivity index (χ0) is 18.5. The fraction of sp³-hybridized carbons (Fsp3) is 0.0800. The maximum atomic E-state index is 4.94. The third-order valence-electron chi connectivity index (χ3n) is 4.57. The molecule has 0 N–H and O–H groups in total. The van der Waals surface area contributed by atoms with E-state index in [-0.39, 0.29) is 23.0 Å². The number of benzene rings is 1. The molecule has 0 aliphatic carbocycles. The molecule has 0 radical (unpaired) electrons. The second kappa shape index (κ2) is 9.66. The maximum absolute atomic E-state index is 4.94. The molecule has 0 saturated carbocycles. The summed E-state index contributed by atoms with van der Waals surface area (Å²) in [6.07, 6.45) is 0. The summed E-state index contributed by atoms with van der Waals surface area (Å²) in [6, 6.07) is 33.7. The molecule has 1 atom stereocenters. The normalized spacial score (nSPS) is 11.3. The van der Waals surface area contributed by atoms with Gasteiger partial charge in [-0.3, -0.25) is 4.98 Å². The summed E-state index contributed by atoms with van der Waals surface area (Å²) in [5, 5.41) is 3.34. The molecule has 0 fully saturated rings. The maximum Gasteiger partial charge on any atom is 2.00 e. The molecule has 1 nitrogen and oxygen atoms in total. The molecule has 0 saturated heterocycles. The van der Waals surface area contributed by atoms with Crippen LogP contribution >= 0.6 is 11.3 Å². The van der Waals surface area contributed by atoms with Gasteiger partial charge in [-0.05, 0) is 36.6 Å². The van der Waals surface area contributed by atoms with Gasteiger partial charge >= 0.3 is 17.1 Å². The molecule has 1 unspecified atom stereocenters. The van der Waals surface area contributed by atoms with Crippen molar-refractivity contribution in [2.45, 2.75) is 12.8 Å². The number of hydrogen-bond acceptors (Lipinski definition) is 2. The molecular formula is C25H21FeNS. The monoisotopic (exact) mass is 423 g/mol. The van der Waals surface area contributed by atoms with Crippen LogP contribution in [0, 0.1) is 6.92 Å². The van der Waals surface area contributed by atoms with Crippen LogP contribution in [0.4, 0.5) is 0 Å². The number of aryl methyl sites for hydroxylation is 1. The van der Waals surface area contributed by atoms with Gasteiger partial charge in [0.2, 0.25) is 0 Å². The summed E-state index contributed by atoms with van der Waals surface area (Å²) >= 11 is 1.79. The van der Waals surface area contributed by atoms with Crippen molar-refractivity contribution >= 4 is 22.2 Å². The smallest absolute Gasteiger partial charge is 0.253 e. The van der Waals surface area contributed by atoms with Crippen LogP contribution in [0.15, 0.2) is 102 Å². The molecule has 0 bridgehead atoms. The zero-order valence-corrected chi connectivity index (χ0v) is 17.5. The molecule has 2 aromatic heterocycles. The topological polar surface area (TPSA) is 12.9 Å². The molecule has 2 heterocycles. The van der Waals surface area contributed by atoms with Gasteiger partial charge in [0, 0.05) is 21.9 Å². The van der Waals surface area contributed by atoms with Crippen molar-refractivity contribution in [3.05, 3.63) is 124 Å².